The third-order valence-electron chi connectivity index (χ3n) is 4.27. The second kappa shape index (κ2) is 8.37. The van der Waals surface area contributed by atoms with Crippen molar-refractivity contribution in [3.8, 4) is 5.75 Å². The van der Waals surface area contributed by atoms with Crippen molar-refractivity contribution in [3.63, 3.8) is 0 Å². The molecule has 1 N–H and O–H groups in total. The Kier molecular flexibility index (Phi) is 7.03. The standard InChI is InChI=1S/C20H31NO4/c1-13(2)14(3)18(22)21(7)17(19(23)24)12-15-8-10-16(11-9-15)25-20(4,5)6/h8-11,13-14,17H,12H2,1-7H3,(H,23,24)/t14-,17-/m0/s1. The van der Waals surface area contributed by atoms with Crippen LogP contribution >= 0.6 is 0 Å². The number of carbonyl (C=O) groups excluding carboxylic acids is 1. The normalized spacial score (nSPS) is 14.1. The van der Waals surface area contributed by atoms with Crippen molar-refractivity contribution in [2.75, 3.05) is 7.05 Å². The van der Waals surface area contributed by atoms with Gasteiger partial charge in [0.05, 0.1) is 0 Å². The molecular formula is C20H31NO4. The van der Waals surface area contributed by atoms with E-state index in [9.17, 15) is 14.7 Å². The van der Waals surface area contributed by atoms with E-state index in [1.165, 1.54) is 4.90 Å². The van der Waals surface area contributed by atoms with Gasteiger partial charge in [0.25, 0.3) is 0 Å². The van der Waals surface area contributed by atoms with Crippen LogP contribution < -0.4 is 4.74 Å². The zero-order valence-corrected chi connectivity index (χ0v) is 16.4. The number of rotatable bonds is 7. The molecule has 0 bridgehead atoms. The maximum absolute atomic E-state index is 12.5. The van der Waals surface area contributed by atoms with E-state index in [4.69, 9.17) is 4.74 Å². The second-order valence-electron chi connectivity index (χ2n) is 7.90. The molecule has 0 spiro atoms. The average molecular weight is 349 g/mol. The van der Waals surface area contributed by atoms with E-state index in [1.54, 1.807) is 7.05 Å². The first-order valence-electron chi connectivity index (χ1n) is 8.70. The molecule has 2 atom stereocenters. The zero-order valence-electron chi connectivity index (χ0n) is 16.4. The third kappa shape index (κ3) is 6.40. The topological polar surface area (TPSA) is 66.8 Å². The summed E-state index contributed by atoms with van der Waals surface area (Å²) >= 11 is 0. The highest BCUT2D eigenvalue weighted by Crippen LogP contribution is 2.21. The summed E-state index contributed by atoms with van der Waals surface area (Å²) in [7, 11) is 1.57. The van der Waals surface area contributed by atoms with Gasteiger partial charge in [-0.25, -0.2) is 4.79 Å². The van der Waals surface area contributed by atoms with Crippen LogP contribution in [0.15, 0.2) is 24.3 Å². The van der Waals surface area contributed by atoms with Crippen molar-refractivity contribution >= 4 is 11.9 Å². The molecule has 0 radical (unpaired) electrons. The highest BCUT2D eigenvalue weighted by molar-refractivity contribution is 5.85. The van der Waals surface area contributed by atoms with Gasteiger partial charge >= 0.3 is 5.97 Å². The number of nitrogens with zero attached hydrogens (tertiary/aromatic N) is 1. The van der Waals surface area contributed by atoms with E-state index < -0.39 is 12.0 Å². The summed E-state index contributed by atoms with van der Waals surface area (Å²) in [5.74, 6) is -0.453. The maximum Gasteiger partial charge on any atom is 0.326 e. The van der Waals surface area contributed by atoms with Crippen LogP contribution in [0.25, 0.3) is 0 Å². The molecule has 0 saturated heterocycles. The lowest BCUT2D eigenvalue weighted by Gasteiger charge is -2.29. The lowest BCUT2D eigenvalue weighted by Crippen LogP contribution is -2.46. The van der Waals surface area contributed by atoms with Crippen LogP contribution in [0.1, 0.15) is 47.1 Å². The van der Waals surface area contributed by atoms with Gasteiger partial charge in [0.2, 0.25) is 5.91 Å². The van der Waals surface area contributed by atoms with Crippen LogP contribution in [0, 0.1) is 11.8 Å². The van der Waals surface area contributed by atoms with Crippen LogP contribution in [0.3, 0.4) is 0 Å². The van der Waals surface area contributed by atoms with Gasteiger partial charge in [-0.2, -0.15) is 0 Å². The Morgan fingerprint density at radius 1 is 1.12 bits per heavy atom. The van der Waals surface area contributed by atoms with Crippen molar-refractivity contribution in [3.05, 3.63) is 29.8 Å². The second-order valence-corrected chi connectivity index (χ2v) is 7.90. The van der Waals surface area contributed by atoms with E-state index >= 15 is 0 Å². The molecule has 0 aliphatic heterocycles. The SMILES string of the molecule is CC(C)[C@H](C)C(=O)N(C)[C@@H](Cc1ccc(OC(C)(C)C)cc1)C(=O)O. The number of hydrogen-bond acceptors (Lipinski definition) is 3. The molecule has 1 rings (SSSR count). The fraction of sp³-hybridized carbons (Fsp3) is 0.600. The van der Waals surface area contributed by atoms with Gasteiger partial charge in [-0.05, 0) is 44.4 Å². The lowest BCUT2D eigenvalue weighted by molar-refractivity contribution is -0.151. The minimum Gasteiger partial charge on any atom is -0.488 e. The number of benzene rings is 1. The number of carbonyl (C=O) groups is 2. The van der Waals surface area contributed by atoms with E-state index in [1.807, 2.05) is 65.8 Å². The molecule has 0 aliphatic rings. The number of hydrogen-bond donors (Lipinski definition) is 1. The van der Waals surface area contributed by atoms with Crippen LogP contribution in [0.4, 0.5) is 0 Å². The zero-order chi connectivity index (χ0) is 19.4. The number of carboxylic acids is 1. The molecule has 1 aromatic carbocycles. The first kappa shape index (κ1) is 21.0. The molecule has 0 saturated carbocycles. The molecule has 25 heavy (non-hydrogen) atoms. The predicted octanol–water partition coefficient (Wildman–Crippen LogP) is 3.61. The smallest absolute Gasteiger partial charge is 0.326 e. The molecular weight excluding hydrogens is 318 g/mol. The summed E-state index contributed by atoms with van der Waals surface area (Å²) < 4.78 is 5.77. The van der Waals surface area contributed by atoms with Crippen molar-refractivity contribution in [2.24, 2.45) is 11.8 Å². The van der Waals surface area contributed by atoms with Gasteiger partial charge in [0.15, 0.2) is 0 Å². The highest BCUT2D eigenvalue weighted by atomic mass is 16.5. The molecule has 0 aliphatic carbocycles. The molecule has 1 aromatic rings. The Morgan fingerprint density at radius 3 is 2.04 bits per heavy atom. The molecule has 0 aromatic heterocycles. The minimum absolute atomic E-state index is 0.143. The molecule has 0 unspecified atom stereocenters. The van der Waals surface area contributed by atoms with Crippen LogP contribution in [-0.2, 0) is 16.0 Å². The fourth-order valence-electron chi connectivity index (χ4n) is 2.42. The Morgan fingerprint density at radius 2 is 1.64 bits per heavy atom. The van der Waals surface area contributed by atoms with E-state index in [-0.39, 0.29) is 29.8 Å². The Bertz CT molecular complexity index is 587. The number of likely N-dealkylation sites (N-methyl/N-ethyl adjacent to an activating group) is 1. The van der Waals surface area contributed by atoms with Gasteiger partial charge in [0, 0.05) is 19.4 Å². The largest absolute Gasteiger partial charge is 0.488 e. The summed E-state index contributed by atoms with van der Waals surface area (Å²) in [5.41, 5.74) is 0.565. The van der Waals surface area contributed by atoms with Crippen LogP contribution in [0.5, 0.6) is 5.75 Å². The van der Waals surface area contributed by atoms with E-state index in [2.05, 4.69) is 0 Å². The fourth-order valence-corrected chi connectivity index (χ4v) is 2.42. The van der Waals surface area contributed by atoms with Crippen molar-refractivity contribution < 1.29 is 19.4 Å². The third-order valence-corrected chi connectivity index (χ3v) is 4.27. The summed E-state index contributed by atoms with van der Waals surface area (Å²) in [6, 6.07) is 6.47. The summed E-state index contributed by atoms with van der Waals surface area (Å²) in [4.78, 5) is 25.5. The Labute approximate surface area is 151 Å². The van der Waals surface area contributed by atoms with Gasteiger partial charge in [0.1, 0.15) is 17.4 Å². The summed E-state index contributed by atoms with van der Waals surface area (Å²) in [6.45, 7) is 11.7. The monoisotopic (exact) mass is 349 g/mol. The predicted molar refractivity (Wildman–Crippen MR) is 98.7 cm³/mol. The lowest BCUT2D eigenvalue weighted by atomic mass is 9.95. The number of carboxylic acid groups (broad SMARTS) is 1. The van der Waals surface area contributed by atoms with Crippen LogP contribution in [-0.4, -0.2) is 40.6 Å². The first-order chi connectivity index (χ1) is 11.4. The number of ether oxygens (including phenoxy) is 1. The minimum atomic E-state index is -0.998. The Balaban J connectivity index is 2.88. The first-order valence-corrected chi connectivity index (χ1v) is 8.70. The average Bonchev–Trinajstić information content (AvgIpc) is 2.50. The van der Waals surface area contributed by atoms with Crippen molar-refractivity contribution in [1.29, 1.82) is 0 Å². The Hall–Kier alpha value is -2.04. The van der Waals surface area contributed by atoms with E-state index in [0.717, 1.165) is 11.3 Å². The highest BCUT2D eigenvalue weighted by Gasteiger charge is 2.30. The van der Waals surface area contributed by atoms with E-state index in [0.29, 0.717) is 0 Å². The summed E-state index contributed by atoms with van der Waals surface area (Å²) in [5, 5.41) is 9.56. The number of aliphatic carboxylic acids is 1. The molecule has 5 heteroatoms. The molecule has 0 heterocycles. The van der Waals surface area contributed by atoms with Crippen molar-refractivity contribution in [1.82, 2.24) is 4.90 Å². The summed E-state index contributed by atoms with van der Waals surface area (Å²) in [6.07, 6.45) is 0.262. The molecule has 140 valence electrons. The van der Waals surface area contributed by atoms with Gasteiger partial charge < -0.3 is 14.7 Å². The number of amides is 1. The maximum atomic E-state index is 12.5. The molecule has 0 fully saturated rings. The molecule has 5 nitrogen and oxygen atoms in total. The van der Waals surface area contributed by atoms with Gasteiger partial charge in [-0.3, -0.25) is 4.79 Å². The van der Waals surface area contributed by atoms with Gasteiger partial charge in [-0.15, -0.1) is 0 Å². The van der Waals surface area contributed by atoms with Gasteiger partial charge in [-0.1, -0.05) is 32.9 Å². The quantitative estimate of drug-likeness (QED) is 0.816. The van der Waals surface area contributed by atoms with Crippen LogP contribution in [0.2, 0.25) is 0 Å². The van der Waals surface area contributed by atoms with Crippen molar-refractivity contribution in [2.45, 2.75) is 59.6 Å². The molecule has 1 amide bonds.